The summed E-state index contributed by atoms with van der Waals surface area (Å²) in [6.45, 7) is 3.82. The highest BCUT2D eigenvalue weighted by Crippen LogP contribution is 2.43. The minimum absolute atomic E-state index is 0.158. The van der Waals surface area contributed by atoms with Crippen LogP contribution in [0.4, 0.5) is 4.79 Å². The Morgan fingerprint density at radius 1 is 1.12 bits per heavy atom. The first-order valence-electron chi connectivity index (χ1n) is 8.13. The number of carbonyl (C=O) groups excluding carboxylic acids is 2. The average molecular weight is 417 g/mol. The topological polar surface area (TPSA) is 59.1 Å². The summed E-state index contributed by atoms with van der Waals surface area (Å²) in [5.41, 5.74) is 0. The maximum Gasteiger partial charge on any atom is 0.409 e. The highest BCUT2D eigenvalue weighted by molar-refractivity contribution is 7.22. The van der Waals surface area contributed by atoms with Gasteiger partial charge >= 0.3 is 6.09 Å². The third-order valence-corrected chi connectivity index (χ3v) is 6.41. The van der Waals surface area contributed by atoms with Crippen LogP contribution in [0.2, 0.25) is 10.0 Å². The maximum absolute atomic E-state index is 12.9. The monoisotopic (exact) mass is 416 g/mol. The SMILES string of the molecule is CCOC(=O)N1CCN(C(=O)c2sc3c(Cl)c(OC)ccc3c2Cl)CC1. The molecule has 2 aromatic rings. The van der Waals surface area contributed by atoms with E-state index in [0.29, 0.717) is 53.5 Å². The van der Waals surface area contributed by atoms with Crippen LogP contribution < -0.4 is 4.74 Å². The van der Waals surface area contributed by atoms with E-state index in [1.54, 1.807) is 28.9 Å². The van der Waals surface area contributed by atoms with Crippen LogP contribution in [0.1, 0.15) is 16.6 Å². The fourth-order valence-electron chi connectivity index (χ4n) is 2.83. The molecule has 1 aromatic carbocycles. The zero-order valence-corrected chi connectivity index (χ0v) is 16.7. The number of halogens is 2. The number of benzene rings is 1. The van der Waals surface area contributed by atoms with Crippen LogP contribution in [0.15, 0.2) is 12.1 Å². The van der Waals surface area contributed by atoms with Gasteiger partial charge in [0, 0.05) is 31.6 Å². The third kappa shape index (κ3) is 3.43. The lowest BCUT2D eigenvalue weighted by atomic mass is 10.2. The Labute approximate surface area is 165 Å². The second-order valence-electron chi connectivity index (χ2n) is 5.68. The Balaban J connectivity index is 1.80. The number of piperazine rings is 1. The van der Waals surface area contributed by atoms with Gasteiger partial charge in [0.25, 0.3) is 5.91 Å². The number of methoxy groups -OCH3 is 1. The molecule has 9 heteroatoms. The molecule has 6 nitrogen and oxygen atoms in total. The van der Waals surface area contributed by atoms with Crippen LogP contribution in [0.25, 0.3) is 10.1 Å². The van der Waals surface area contributed by atoms with Gasteiger partial charge in [-0.2, -0.15) is 0 Å². The Morgan fingerprint density at radius 3 is 2.38 bits per heavy atom. The number of thiophene rings is 1. The molecule has 0 radical (unpaired) electrons. The van der Waals surface area contributed by atoms with E-state index in [-0.39, 0.29) is 12.0 Å². The van der Waals surface area contributed by atoms with Crippen LogP contribution in [-0.4, -0.2) is 61.7 Å². The summed E-state index contributed by atoms with van der Waals surface area (Å²) < 4.78 is 10.9. The van der Waals surface area contributed by atoms with Crippen molar-refractivity contribution in [2.24, 2.45) is 0 Å². The molecule has 0 unspecified atom stereocenters. The summed E-state index contributed by atoms with van der Waals surface area (Å²) in [7, 11) is 1.54. The fourth-order valence-corrected chi connectivity index (χ4v) is 4.68. The van der Waals surface area contributed by atoms with Gasteiger partial charge in [0.15, 0.2) is 0 Å². The van der Waals surface area contributed by atoms with E-state index in [0.717, 1.165) is 10.1 Å². The van der Waals surface area contributed by atoms with Crippen molar-refractivity contribution in [1.29, 1.82) is 0 Å². The van der Waals surface area contributed by atoms with Gasteiger partial charge in [0.05, 0.1) is 23.4 Å². The van der Waals surface area contributed by atoms with Gasteiger partial charge in [-0.25, -0.2) is 4.79 Å². The molecular weight excluding hydrogens is 399 g/mol. The Hall–Kier alpha value is -1.70. The number of rotatable bonds is 3. The molecule has 2 amide bonds. The molecule has 26 heavy (non-hydrogen) atoms. The minimum atomic E-state index is -0.349. The van der Waals surface area contributed by atoms with Crippen molar-refractivity contribution in [1.82, 2.24) is 9.80 Å². The summed E-state index contributed by atoms with van der Waals surface area (Å²) in [4.78, 5) is 28.4. The molecular formula is C17H18Cl2N2O4S. The highest BCUT2D eigenvalue weighted by Gasteiger charge is 2.28. The molecule has 0 N–H and O–H groups in total. The second-order valence-corrected chi connectivity index (χ2v) is 7.46. The molecule has 0 spiro atoms. The first kappa shape index (κ1) is 19.1. The second kappa shape index (κ2) is 7.90. The number of hydrogen-bond donors (Lipinski definition) is 0. The predicted octanol–water partition coefficient (Wildman–Crippen LogP) is 4.13. The Bertz CT molecular complexity index is 847. The van der Waals surface area contributed by atoms with Crippen molar-refractivity contribution in [3.63, 3.8) is 0 Å². The lowest BCUT2D eigenvalue weighted by Gasteiger charge is -2.33. The van der Waals surface area contributed by atoms with E-state index >= 15 is 0 Å². The van der Waals surface area contributed by atoms with Gasteiger partial charge in [-0.3, -0.25) is 4.79 Å². The molecule has 1 saturated heterocycles. The van der Waals surface area contributed by atoms with Crippen LogP contribution in [0.3, 0.4) is 0 Å². The number of ether oxygens (including phenoxy) is 2. The molecule has 1 fully saturated rings. The smallest absolute Gasteiger partial charge is 0.409 e. The minimum Gasteiger partial charge on any atom is -0.495 e. The third-order valence-electron chi connectivity index (χ3n) is 4.21. The van der Waals surface area contributed by atoms with Crippen molar-refractivity contribution in [2.45, 2.75) is 6.92 Å². The lowest BCUT2D eigenvalue weighted by molar-refractivity contribution is 0.0574. The van der Waals surface area contributed by atoms with Crippen LogP contribution in [0.5, 0.6) is 5.75 Å². The van der Waals surface area contributed by atoms with Crippen molar-refractivity contribution in [3.8, 4) is 5.75 Å². The van der Waals surface area contributed by atoms with Gasteiger partial charge in [0.2, 0.25) is 0 Å². The summed E-state index contributed by atoms with van der Waals surface area (Å²) in [6.07, 6.45) is -0.349. The number of fused-ring (bicyclic) bond motifs is 1. The van der Waals surface area contributed by atoms with Gasteiger partial charge < -0.3 is 19.3 Å². The predicted molar refractivity (Wildman–Crippen MR) is 103 cm³/mol. The number of carbonyl (C=O) groups is 2. The molecule has 3 rings (SSSR count). The lowest BCUT2D eigenvalue weighted by Crippen LogP contribution is -2.50. The molecule has 1 aliphatic heterocycles. The molecule has 1 aliphatic rings. The van der Waals surface area contributed by atoms with Gasteiger partial charge in [-0.05, 0) is 19.1 Å². The highest BCUT2D eigenvalue weighted by atomic mass is 35.5. The van der Waals surface area contributed by atoms with E-state index in [1.165, 1.54) is 18.4 Å². The van der Waals surface area contributed by atoms with Crippen LogP contribution >= 0.6 is 34.5 Å². The first-order chi connectivity index (χ1) is 12.5. The standard InChI is InChI=1S/C17H18Cl2N2O4S/c1-3-25-17(23)21-8-6-20(7-9-21)16(22)15-12(18)10-4-5-11(24-2)13(19)14(10)26-15/h4-5H,3,6-9H2,1-2H3. The zero-order chi connectivity index (χ0) is 18.8. The van der Waals surface area contributed by atoms with Gasteiger partial charge in [-0.1, -0.05) is 23.2 Å². The van der Waals surface area contributed by atoms with Crippen LogP contribution in [0, 0.1) is 0 Å². The summed E-state index contributed by atoms with van der Waals surface area (Å²) in [5, 5.41) is 1.58. The fraction of sp³-hybridized carbons (Fsp3) is 0.412. The molecule has 0 atom stereocenters. The van der Waals surface area contributed by atoms with E-state index in [9.17, 15) is 9.59 Å². The van der Waals surface area contributed by atoms with Crippen molar-refractivity contribution < 1.29 is 19.1 Å². The molecule has 0 bridgehead atoms. The van der Waals surface area contributed by atoms with E-state index in [1.807, 2.05) is 0 Å². The van der Waals surface area contributed by atoms with Crippen molar-refractivity contribution >= 4 is 56.6 Å². The van der Waals surface area contributed by atoms with E-state index in [4.69, 9.17) is 32.7 Å². The van der Waals surface area contributed by atoms with E-state index < -0.39 is 0 Å². The summed E-state index contributed by atoms with van der Waals surface area (Å²) in [6, 6.07) is 3.53. The Kier molecular flexibility index (Phi) is 5.79. The largest absolute Gasteiger partial charge is 0.495 e. The van der Waals surface area contributed by atoms with Gasteiger partial charge in [-0.15, -0.1) is 11.3 Å². The summed E-state index contributed by atoms with van der Waals surface area (Å²) in [5.74, 6) is 0.383. The first-order valence-corrected chi connectivity index (χ1v) is 9.70. The number of amides is 2. The van der Waals surface area contributed by atoms with Crippen molar-refractivity contribution in [3.05, 3.63) is 27.1 Å². The molecule has 140 valence electrons. The number of nitrogens with zero attached hydrogens (tertiary/aromatic N) is 2. The summed E-state index contributed by atoms with van der Waals surface area (Å²) >= 11 is 14.0. The normalized spacial score (nSPS) is 14.6. The maximum atomic E-state index is 12.9. The zero-order valence-electron chi connectivity index (χ0n) is 14.4. The number of hydrogen-bond acceptors (Lipinski definition) is 5. The van der Waals surface area contributed by atoms with Crippen molar-refractivity contribution in [2.75, 3.05) is 39.9 Å². The molecule has 1 aromatic heterocycles. The molecule has 0 saturated carbocycles. The quantitative estimate of drug-likeness (QED) is 0.754. The van der Waals surface area contributed by atoms with Crippen LogP contribution in [-0.2, 0) is 4.74 Å². The molecule has 2 heterocycles. The molecule has 0 aliphatic carbocycles. The average Bonchev–Trinajstić information content (AvgIpc) is 2.99. The Morgan fingerprint density at radius 2 is 1.77 bits per heavy atom. The van der Waals surface area contributed by atoms with Gasteiger partial charge in [0.1, 0.15) is 15.6 Å². The van der Waals surface area contributed by atoms with E-state index in [2.05, 4.69) is 0 Å².